The third-order valence-corrected chi connectivity index (χ3v) is 12.9. The van der Waals surface area contributed by atoms with Crippen LogP contribution in [-0.4, -0.2) is 137 Å². The Balaban J connectivity index is 2.49. The summed E-state index contributed by atoms with van der Waals surface area (Å²) >= 11 is 0. The molecule has 0 fully saturated rings. The molecule has 8 amide bonds. The molecule has 0 bridgehead atoms. The van der Waals surface area contributed by atoms with Crippen molar-refractivity contribution in [3.05, 3.63) is 54.1 Å². The number of H-pyrrole nitrogens is 1. The summed E-state index contributed by atoms with van der Waals surface area (Å²) in [5, 5.41) is 19.3. The Kier molecular flexibility index (Phi) is 30.0. The number of carbonyl (C=O) groups excluding carboxylic acids is 8. The van der Waals surface area contributed by atoms with Crippen LogP contribution >= 0.6 is 0 Å². The van der Waals surface area contributed by atoms with Crippen LogP contribution in [0.25, 0.3) is 0 Å². The zero-order chi connectivity index (χ0) is 57.6. The van der Waals surface area contributed by atoms with Gasteiger partial charge in [0.05, 0.1) is 12.4 Å². The number of amides is 8. The van der Waals surface area contributed by atoms with Gasteiger partial charge in [0.15, 0.2) is 11.9 Å². The van der Waals surface area contributed by atoms with Gasteiger partial charge in [0.2, 0.25) is 47.3 Å². The number of imidazole rings is 1. The predicted octanol–water partition coefficient (Wildman–Crippen LogP) is -2.22. The van der Waals surface area contributed by atoms with Crippen LogP contribution in [0.5, 0.6) is 0 Å². The molecule has 77 heavy (non-hydrogen) atoms. The molecule has 26 heteroatoms. The summed E-state index contributed by atoms with van der Waals surface area (Å²) in [6.07, 6.45) is 5.54. The Morgan fingerprint density at radius 3 is 1.43 bits per heavy atom. The maximum atomic E-state index is 14.5. The summed E-state index contributed by atoms with van der Waals surface area (Å²) in [5.74, 6) is -7.07. The van der Waals surface area contributed by atoms with E-state index in [1.165, 1.54) is 12.5 Å². The van der Waals surface area contributed by atoms with Crippen molar-refractivity contribution in [3.63, 3.8) is 0 Å². The smallest absolute Gasteiger partial charge is 0.243 e. The second-order valence-electron chi connectivity index (χ2n) is 19.8. The maximum absolute atomic E-state index is 14.5. The standard InChI is InChI=1S/C51H88N18O8/c1-7-30(5)40(68-43(71)34(53)26-33-27-59-28-62-33)48(76)65-35(18-12-13-21-52)44(72)63-36(19-14-22-60-50(55)56)45(73)64-37(20-15-23-61-51(57)58)46(74)67-39(24-29(3)4)47(75)69-41(31(6)8-2)49(77)66-38(42(54)70)25-32-16-10-9-11-17-32/h9-11,16-17,27-31,34-41H,7-8,12-15,18-26,52-53H2,1-6H3,(H2,54,70)(H,59,62)(H,63,72)(H,64,73)(H,65,76)(H,66,77)(H,67,74)(H,68,71)(H,69,75)(H4,55,56,60)(H4,57,58,61)/t30-,31-,34-,35-,36-,37-,38-,39-,40-,41-/m0/s1. The zero-order valence-corrected chi connectivity index (χ0v) is 45.6. The third kappa shape index (κ3) is 24.9. The maximum Gasteiger partial charge on any atom is 0.243 e. The van der Waals surface area contributed by atoms with Crippen LogP contribution in [0.15, 0.2) is 52.8 Å². The number of aliphatic imine (C=N–C) groups is 2. The van der Waals surface area contributed by atoms with E-state index in [9.17, 15) is 38.4 Å². The molecule has 0 unspecified atom stereocenters. The predicted molar refractivity (Wildman–Crippen MR) is 294 cm³/mol. The lowest BCUT2D eigenvalue weighted by atomic mass is 9.95. The number of hydrogen-bond acceptors (Lipinski definition) is 13. The Hall–Kier alpha value is -7.35. The molecule has 430 valence electrons. The molecule has 0 aliphatic carbocycles. The summed E-state index contributed by atoms with van der Waals surface area (Å²) in [6, 6.07) is -0.487. The highest BCUT2D eigenvalue weighted by Gasteiger charge is 2.36. The molecular formula is C51H88N18O8. The molecule has 2 rings (SSSR count). The highest BCUT2D eigenvalue weighted by Crippen LogP contribution is 2.15. The van der Waals surface area contributed by atoms with Crippen molar-refractivity contribution in [1.29, 1.82) is 0 Å². The van der Waals surface area contributed by atoms with Crippen molar-refractivity contribution in [1.82, 2.24) is 47.2 Å². The van der Waals surface area contributed by atoms with Gasteiger partial charge >= 0.3 is 0 Å². The first-order valence-corrected chi connectivity index (χ1v) is 26.5. The molecular weight excluding hydrogens is 993 g/mol. The van der Waals surface area contributed by atoms with E-state index in [2.05, 4.69) is 57.2 Å². The van der Waals surface area contributed by atoms with Crippen LogP contribution in [0.1, 0.15) is 117 Å². The monoisotopic (exact) mass is 1080 g/mol. The molecule has 22 N–H and O–H groups in total. The van der Waals surface area contributed by atoms with Gasteiger partial charge in [-0.1, -0.05) is 84.7 Å². The van der Waals surface area contributed by atoms with Crippen molar-refractivity contribution in [2.24, 2.45) is 67.9 Å². The quantitative estimate of drug-likeness (QED) is 0.0194. The minimum Gasteiger partial charge on any atom is -0.370 e. The van der Waals surface area contributed by atoms with E-state index in [0.717, 1.165) is 5.56 Å². The van der Waals surface area contributed by atoms with E-state index >= 15 is 0 Å². The molecule has 0 aliphatic rings. The topological polar surface area (TPSA) is 456 Å². The fourth-order valence-corrected chi connectivity index (χ4v) is 8.07. The van der Waals surface area contributed by atoms with Gasteiger partial charge in [0.1, 0.15) is 42.3 Å². The van der Waals surface area contributed by atoms with Gasteiger partial charge in [-0.2, -0.15) is 0 Å². The lowest BCUT2D eigenvalue weighted by Crippen LogP contribution is -2.61. The number of nitrogens with one attached hydrogen (secondary N) is 8. The van der Waals surface area contributed by atoms with E-state index in [0.29, 0.717) is 37.9 Å². The summed E-state index contributed by atoms with van der Waals surface area (Å²) in [7, 11) is 0. The number of nitrogens with zero attached hydrogens (tertiary/aromatic N) is 3. The van der Waals surface area contributed by atoms with Crippen LogP contribution < -0.4 is 77.4 Å². The molecule has 0 aliphatic heterocycles. The minimum atomic E-state index is -1.33. The van der Waals surface area contributed by atoms with E-state index in [4.69, 9.17) is 40.1 Å². The SMILES string of the molecule is CC[C@H](C)[C@H](NC(=O)[C@H](CC(C)C)NC(=O)[C@H](CCCN=C(N)N)NC(=O)[C@H](CCCN=C(N)N)NC(=O)[C@H](CCCCN)NC(=O)[C@@H](NC(=O)[C@@H](N)Cc1cnc[nH]1)[C@@H](C)CC)C(=O)N[C@@H](Cc1ccccc1)C(N)=O. The first kappa shape index (κ1) is 65.8. The number of nitrogens with two attached hydrogens (primary N) is 7. The lowest BCUT2D eigenvalue weighted by molar-refractivity contribution is -0.136. The number of benzene rings is 1. The summed E-state index contributed by atoms with van der Waals surface area (Å²) in [5.41, 5.74) is 41.4. The molecule has 0 saturated heterocycles. The van der Waals surface area contributed by atoms with E-state index in [1.54, 1.807) is 38.1 Å². The van der Waals surface area contributed by atoms with E-state index in [1.807, 2.05) is 33.8 Å². The first-order valence-electron chi connectivity index (χ1n) is 26.5. The fourth-order valence-electron chi connectivity index (χ4n) is 8.07. The normalized spacial score (nSPS) is 15.0. The van der Waals surface area contributed by atoms with Gasteiger partial charge in [-0.15, -0.1) is 0 Å². The van der Waals surface area contributed by atoms with Crippen LogP contribution in [0.4, 0.5) is 0 Å². The van der Waals surface area contributed by atoms with Crippen molar-refractivity contribution < 1.29 is 38.4 Å². The van der Waals surface area contributed by atoms with E-state index < -0.39 is 107 Å². The largest absolute Gasteiger partial charge is 0.370 e. The van der Waals surface area contributed by atoms with Crippen LogP contribution in [0, 0.1) is 17.8 Å². The Morgan fingerprint density at radius 2 is 1.00 bits per heavy atom. The number of aromatic amines is 1. The van der Waals surface area contributed by atoms with Crippen LogP contribution in [0.3, 0.4) is 0 Å². The van der Waals surface area contributed by atoms with Crippen molar-refractivity contribution in [2.75, 3.05) is 19.6 Å². The first-order chi connectivity index (χ1) is 36.5. The molecule has 0 spiro atoms. The number of primary amides is 1. The number of hydrogen-bond donors (Lipinski definition) is 15. The van der Waals surface area contributed by atoms with Gasteiger partial charge in [-0.3, -0.25) is 48.3 Å². The number of unbranched alkanes of at least 4 members (excludes halogenated alkanes) is 1. The third-order valence-electron chi connectivity index (χ3n) is 12.9. The van der Waals surface area contributed by atoms with E-state index in [-0.39, 0.29) is 82.3 Å². The minimum absolute atomic E-state index is 0.0423. The van der Waals surface area contributed by atoms with Crippen molar-refractivity contribution in [3.8, 4) is 0 Å². The molecule has 1 aromatic carbocycles. The molecule has 1 heterocycles. The van der Waals surface area contributed by atoms with Gasteiger partial charge in [-0.05, 0) is 81.2 Å². The van der Waals surface area contributed by atoms with Crippen LogP contribution in [-0.2, 0) is 51.2 Å². The summed E-state index contributed by atoms with van der Waals surface area (Å²) in [4.78, 5) is 126. The Bertz CT molecular complexity index is 2220. The number of rotatable bonds is 37. The average Bonchev–Trinajstić information content (AvgIpc) is 3.90. The number of guanidine groups is 2. The second kappa shape index (κ2) is 35.1. The Morgan fingerprint density at radius 1 is 0.558 bits per heavy atom. The van der Waals surface area contributed by atoms with Gasteiger partial charge < -0.3 is 82.3 Å². The molecule has 10 atom stereocenters. The number of carbonyl (C=O) groups is 8. The summed E-state index contributed by atoms with van der Waals surface area (Å²) < 4.78 is 0. The van der Waals surface area contributed by atoms with Gasteiger partial charge in [-0.25, -0.2) is 4.98 Å². The lowest BCUT2D eigenvalue weighted by Gasteiger charge is -2.30. The molecule has 2 aromatic rings. The molecule has 0 saturated carbocycles. The Labute approximate surface area is 452 Å². The zero-order valence-electron chi connectivity index (χ0n) is 45.6. The molecule has 26 nitrogen and oxygen atoms in total. The highest BCUT2D eigenvalue weighted by atomic mass is 16.2. The van der Waals surface area contributed by atoms with Gasteiger partial charge in [0.25, 0.3) is 0 Å². The average molecular weight is 1080 g/mol. The molecule has 1 aromatic heterocycles. The van der Waals surface area contributed by atoms with Crippen LogP contribution in [0.2, 0.25) is 0 Å². The summed E-state index contributed by atoms with van der Waals surface area (Å²) in [6.45, 7) is 11.3. The number of aromatic nitrogens is 2. The van der Waals surface area contributed by atoms with Crippen molar-refractivity contribution >= 4 is 59.2 Å². The van der Waals surface area contributed by atoms with Crippen molar-refractivity contribution in [2.45, 2.75) is 167 Å². The fraction of sp³-hybridized carbons (Fsp3) is 0.627. The molecule has 0 radical (unpaired) electrons. The second-order valence-corrected chi connectivity index (χ2v) is 19.8. The van der Waals surface area contributed by atoms with Gasteiger partial charge in [0, 0.05) is 37.8 Å². The highest BCUT2D eigenvalue weighted by molar-refractivity contribution is 5.98.